The molecule has 2 aromatic rings. The molecule has 3 rings (SSSR count). The highest BCUT2D eigenvalue weighted by atomic mass is 32.2. The van der Waals surface area contributed by atoms with Gasteiger partial charge >= 0.3 is 0 Å². The van der Waals surface area contributed by atoms with E-state index in [2.05, 4.69) is 16.6 Å². The summed E-state index contributed by atoms with van der Waals surface area (Å²) in [5.74, 6) is -0.440. The van der Waals surface area contributed by atoms with Gasteiger partial charge in [-0.2, -0.15) is 0 Å². The van der Waals surface area contributed by atoms with Crippen molar-refractivity contribution in [2.75, 3.05) is 17.8 Å². The number of carbonyl (C=O) groups is 2. The Morgan fingerprint density at radius 2 is 1.75 bits per heavy atom. The highest BCUT2D eigenvalue weighted by Crippen LogP contribution is 2.25. The second-order valence-corrected chi connectivity index (χ2v) is 9.72. The molecule has 1 fully saturated rings. The van der Waals surface area contributed by atoms with Crippen molar-refractivity contribution < 1.29 is 18.0 Å². The first kappa shape index (κ1) is 23.5. The van der Waals surface area contributed by atoms with Gasteiger partial charge in [-0.25, -0.2) is 8.42 Å². The van der Waals surface area contributed by atoms with Crippen molar-refractivity contribution in [1.29, 1.82) is 0 Å². The van der Waals surface area contributed by atoms with E-state index in [1.165, 1.54) is 0 Å². The van der Waals surface area contributed by atoms with E-state index in [9.17, 15) is 18.0 Å². The van der Waals surface area contributed by atoms with E-state index >= 15 is 0 Å². The first-order valence-corrected chi connectivity index (χ1v) is 12.0. The summed E-state index contributed by atoms with van der Waals surface area (Å²) in [6, 6.07) is 9.44. The van der Waals surface area contributed by atoms with Crippen molar-refractivity contribution in [3.05, 3.63) is 71.3 Å². The molecule has 2 N–H and O–H groups in total. The number of anilines is 1. The van der Waals surface area contributed by atoms with Crippen LogP contribution in [0.3, 0.4) is 0 Å². The van der Waals surface area contributed by atoms with Crippen LogP contribution in [-0.4, -0.2) is 44.3 Å². The third kappa shape index (κ3) is 5.02. The van der Waals surface area contributed by atoms with Crippen LogP contribution in [0.5, 0.6) is 0 Å². The van der Waals surface area contributed by atoms with Gasteiger partial charge in [0, 0.05) is 24.3 Å². The van der Waals surface area contributed by atoms with Crippen molar-refractivity contribution in [2.45, 2.75) is 44.6 Å². The van der Waals surface area contributed by atoms with Gasteiger partial charge in [-0.1, -0.05) is 23.8 Å². The molecule has 2 amide bonds. The van der Waals surface area contributed by atoms with Gasteiger partial charge in [-0.15, -0.1) is 6.58 Å². The second kappa shape index (κ2) is 9.56. The molecule has 1 saturated heterocycles. The van der Waals surface area contributed by atoms with Gasteiger partial charge in [0.25, 0.3) is 15.9 Å². The molecule has 0 saturated carbocycles. The summed E-state index contributed by atoms with van der Waals surface area (Å²) >= 11 is 0. The zero-order valence-corrected chi connectivity index (χ0v) is 19.5. The number of aryl methyl sites for hydroxylation is 3. The second-order valence-electron chi connectivity index (χ2n) is 8.10. The molecule has 0 bridgehead atoms. The molecule has 2 aromatic carbocycles. The lowest BCUT2D eigenvalue weighted by Gasteiger charge is -2.24. The minimum absolute atomic E-state index is 0.191. The molecule has 7 nitrogen and oxygen atoms in total. The number of likely N-dealkylation sites (tertiary alicyclic amines) is 1. The maximum Gasteiger partial charge on any atom is 0.262 e. The Bertz CT molecular complexity index is 1120. The van der Waals surface area contributed by atoms with Crippen LogP contribution in [0.4, 0.5) is 5.69 Å². The van der Waals surface area contributed by atoms with Gasteiger partial charge in [0.05, 0.1) is 4.90 Å². The monoisotopic (exact) mass is 455 g/mol. The van der Waals surface area contributed by atoms with Crippen molar-refractivity contribution in [2.24, 2.45) is 0 Å². The molecule has 1 aliphatic rings. The zero-order valence-electron chi connectivity index (χ0n) is 18.6. The number of benzene rings is 2. The largest absolute Gasteiger partial charge is 0.351 e. The number of hydrogen-bond donors (Lipinski definition) is 2. The van der Waals surface area contributed by atoms with Crippen LogP contribution < -0.4 is 10.0 Å². The molecule has 8 heteroatoms. The van der Waals surface area contributed by atoms with Crippen LogP contribution in [0.2, 0.25) is 0 Å². The van der Waals surface area contributed by atoms with Crippen LogP contribution in [-0.2, 0) is 14.8 Å². The average Bonchev–Trinajstić information content (AvgIpc) is 3.20. The molecular formula is C24H29N3O4S. The molecule has 1 atom stereocenters. The summed E-state index contributed by atoms with van der Waals surface area (Å²) in [5.41, 5.74) is 3.12. The number of rotatable bonds is 7. The molecule has 170 valence electrons. The van der Waals surface area contributed by atoms with E-state index < -0.39 is 16.1 Å². The van der Waals surface area contributed by atoms with Gasteiger partial charge in [0.2, 0.25) is 5.91 Å². The first-order chi connectivity index (χ1) is 15.1. The third-order valence-electron chi connectivity index (χ3n) is 5.49. The summed E-state index contributed by atoms with van der Waals surface area (Å²) in [7, 11) is -3.78. The number of amides is 2. The van der Waals surface area contributed by atoms with E-state index in [1.807, 2.05) is 19.1 Å². The zero-order chi connectivity index (χ0) is 23.5. The highest BCUT2D eigenvalue weighted by molar-refractivity contribution is 7.92. The highest BCUT2D eigenvalue weighted by Gasteiger charge is 2.34. The lowest BCUT2D eigenvalue weighted by Crippen LogP contribution is -2.46. The predicted octanol–water partition coefficient (Wildman–Crippen LogP) is 3.32. The maximum atomic E-state index is 13.0. The Morgan fingerprint density at radius 3 is 2.34 bits per heavy atom. The van der Waals surface area contributed by atoms with Gasteiger partial charge in [-0.05, 0) is 69.0 Å². The van der Waals surface area contributed by atoms with E-state index in [0.29, 0.717) is 41.9 Å². The molecule has 1 heterocycles. The normalized spacial score (nSPS) is 16.0. The Morgan fingerprint density at radius 1 is 1.12 bits per heavy atom. The minimum Gasteiger partial charge on any atom is -0.351 e. The van der Waals surface area contributed by atoms with Gasteiger partial charge < -0.3 is 10.2 Å². The van der Waals surface area contributed by atoms with Gasteiger partial charge in [0.15, 0.2) is 0 Å². The number of nitrogens with zero attached hydrogens (tertiary/aromatic N) is 1. The first-order valence-electron chi connectivity index (χ1n) is 10.5. The van der Waals surface area contributed by atoms with Crippen LogP contribution >= 0.6 is 0 Å². The summed E-state index contributed by atoms with van der Waals surface area (Å²) < 4.78 is 28.5. The van der Waals surface area contributed by atoms with Crippen LogP contribution in [0, 0.1) is 20.8 Å². The molecule has 1 aliphatic heterocycles. The number of hydrogen-bond acceptors (Lipinski definition) is 4. The van der Waals surface area contributed by atoms with Crippen molar-refractivity contribution >= 4 is 27.5 Å². The minimum atomic E-state index is -3.78. The molecule has 0 spiro atoms. The molecule has 0 aromatic heterocycles. The SMILES string of the molecule is C=CCNC(=O)[C@H]1CCCN1C(=O)c1ccc(NS(=O)(=O)c2c(C)cc(C)cc2C)cc1. The predicted molar refractivity (Wildman–Crippen MR) is 125 cm³/mol. The molecule has 32 heavy (non-hydrogen) atoms. The van der Waals surface area contributed by atoms with Crippen molar-refractivity contribution in [1.82, 2.24) is 10.2 Å². The summed E-state index contributed by atoms with van der Waals surface area (Å²) in [6.45, 7) is 9.91. The fraction of sp³-hybridized carbons (Fsp3) is 0.333. The Balaban J connectivity index is 1.76. The molecule has 0 unspecified atom stereocenters. The lowest BCUT2D eigenvalue weighted by molar-refractivity contribution is -0.124. The summed E-state index contributed by atoms with van der Waals surface area (Å²) in [6.07, 6.45) is 2.96. The van der Waals surface area contributed by atoms with E-state index in [-0.39, 0.29) is 16.7 Å². The van der Waals surface area contributed by atoms with Crippen LogP contribution in [0.25, 0.3) is 0 Å². The average molecular weight is 456 g/mol. The van der Waals surface area contributed by atoms with Crippen molar-refractivity contribution in [3.63, 3.8) is 0 Å². The van der Waals surface area contributed by atoms with E-state index in [0.717, 1.165) is 12.0 Å². The lowest BCUT2D eigenvalue weighted by atomic mass is 10.1. The molecule has 0 aliphatic carbocycles. The summed E-state index contributed by atoms with van der Waals surface area (Å²) in [4.78, 5) is 27.1. The smallest absolute Gasteiger partial charge is 0.262 e. The topological polar surface area (TPSA) is 95.6 Å². The summed E-state index contributed by atoms with van der Waals surface area (Å²) in [5, 5.41) is 2.75. The van der Waals surface area contributed by atoms with Crippen LogP contribution in [0.15, 0.2) is 53.9 Å². The Hall–Kier alpha value is -3.13. The number of sulfonamides is 1. The molecular weight excluding hydrogens is 426 g/mol. The number of nitrogens with one attached hydrogen (secondary N) is 2. The van der Waals surface area contributed by atoms with Crippen molar-refractivity contribution in [3.8, 4) is 0 Å². The Kier molecular flexibility index (Phi) is 7.03. The quantitative estimate of drug-likeness (QED) is 0.626. The standard InChI is InChI=1S/C24H29N3O4S/c1-5-12-25-23(28)21-7-6-13-27(21)24(29)19-8-10-20(11-9-19)26-32(30,31)22-17(3)14-16(2)15-18(22)4/h5,8-11,14-15,21,26H,1,6-7,12-13H2,2-4H3,(H,25,28)/t21-/m1/s1. The van der Waals surface area contributed by atoms with E-state index in [4.69, 9.17) is 0 Å². The third-order valence-corrected chi connectivity index (χ3v) is 7.18. The van der Waals surface area contributed by atoms with Crippen LogP contribution in [0.1, 0.15) is 39.9 Å². The van der Waals surface area contributed by atoms with E-state index in [1.54, 1.807) is 49.1 Å². The fourth-order valence-corrected chi connectivity index (χ4v) is 5.73. The Labute approximate surface area is 189 Å². The fourth-order valence-electron chi connectivity index (χ4n) is 4.22. The molecule has 0 radical (unpaired) electrons. The number of carbonyl (C=O) groups excluding carboxylic acids is 2. The maximum absolute atomic E-state index is 13.0. The van der Waals surface area contributed by atoms with Gasteiger partial charge in [-0.3, -0.25) is 14.3 Å². The van der Waals surface area contributed by atoms with Gasteiger partial charge in [0.1, 0.15) is 6.04 Å².